The first-order chi connectivity index (χ1) is 14.4. The van der Waals surface area contributed by atoms with Crippen molar-refractivity contribution in [1.82, 2.24) is 4.98 Å². The van der Waals surface area contributed by atoms with E-state index in [-0.39, 0.29) is 17.5 Å². The summed E-state index contributed by atoms with van der Waals surface area (Å²) in [7, 11) is 3.94. The molecule has 0 aliphatic heterocycles. The highest BCUT2D eigenvalue weighted by atomic mass is 16.5. The lowest BCUT2D eigenvalue weighted by Gasteiger charge is -2.21. The van der Waals surface area contributed by atoms with Gasteiger partial charge in [0.2, 0.25) is 0 Å². The van der Waals surface area contributed by atoms with Gasteiger partial charge in [0.25, 0.3) is 5.56 Å². The van der Waals surface area contributed by atoms with E-state index in [0.717, 1.165) is 24.1 Å². The maximum atomic E-state index is 12.7. The van der Waals surface area contributed by atoms with Crippen molar-refractivity contribution >= 4 is 22.7 Å². The molecule has 3 aromatic rings. The second kappa shape index (κ2) is 8.69. The van der Waals surface area contributed by atoms with Crippen LogP contribution in [0, 0.1) is 0 Å². The molecule has 8 nitrogen and oxygen atoms in total. The van der Waals surface area contributed by atoms with Crippen molar-refractivity contribution in [1.29, 1.82) is 0 Å². The second-order valence-electron chi connectivity index (χ2n) is 6.52. The third-order valence-electron chi connectivity index (χ3n) is 4.97. The minimum absolute atomic E-state index is 0.126. The minimum Gasteiger partial charge on any atom is -0.506 e. The maximum absolute atomic E-state index is 12.7. The number of aromatic nitrogens is 1. The zero-order valence-electron chi connectivity index (χ0n) is 16.7. The molecule has 0 saturated carbocycles. The highest BCUT2D eigenvalue weighted by molar-refractivity contribution is 5.94. The highest BCUT2D eigenvalue weighted by Gasteiger charge is 2.29. The summed E-state index contributed by atoms with van der Waals surface area (Å²) < 4.78 is 14.9. The number of H-pyrrole nitrogens is 1. The SMILES string of the molecule is COC(=O)CC(c1c(O)c(C(=O)OC)c[nH]c1=O)c1ccc(OC)c2ccccc12. The zero-order valence-corrected chi connectivity index (χ0v) is 16.7. The average molecular weight is 411 g/mol. The molecule has 0 aliphatic rings. The van der Waals surface area contributed by atoms with Crippen molar-refractivity contribution in [3.63, 3.8) is 0 Å². The second-order valence-corrected chi connectivity index (χ2v) is 6.52. The number of aromatic hydroxyl groups is 1. The Labute approximate surface area is 172 Å². The fraction of sp³-hybridized carbons (Fsp3) is 0.227. The van der Waals surface area contributed by atoms with Crippen LogP contribution < -0.4 is 10.3 Å². The van der Waals surface area contributed by atoms with E-state index in [1.807, 2.05) is 24.3 Å². The van der Waals surface area contributed by atoms with Crippen LogP contribution >= 0.6 is 0 Å². The van der Waals surface area contributed by atoms with E-state index in [1.165, 1.54) is 7.11 Å². The number of methoxy groups -OCH3 is 3. The Kier molecular flexibility index (Phi) is 6.06. The summed E-state index contributed by atoms with van der Waals surface area (Å²) in [6.45, 7) is 0. The molecule has 1 heterocycles. The van der Waals surface area contributed by atoms with Gasteiger partial charge in [-0.2, -0.15) is 0 Å². The molecule has 2 N–H and O–H groups in total. The molecule has 0 radical (unpaired) electrons. The van der Waals surface area contributed by atoms with Crippen molar-refractivity contribution in [2.45, 2.75) is 12.3 Å². The van der Waals surface area contributed by atoms with Gasteiger partial charge in [-0.25, -0.2) is 4.79 Å². The first-order valence-corrected chi connectivity index (χ1v) is 9.08. The molecule has 8 heteroatoms. The molecule has 156 valence electrons. The molecular weight excluding hydrogens is 390 g/mol. The number of aromatic amines is 1. The number of carbonyl (C=O) groups excluding carboxylic acids is 2. The Morgan fingerprint density at radius 2 is 1.73 bits per heavy atom. The van der Waals surface area contributed by atoms with Gasteiger partial charge < -0.3 is 24.3 Å². The number of nitrogens with one attached hydrogen (secondary N) is 1. The molecule has 0 amide bonds. The van der Waals surface area contributed by atoms with Crippen molar-refractivity contribution in [3.8, 4) is 11.5 Å². The molecule has 0 spiro atoms. The molecule has 1 aromatic heterocycles. The first-order valence-electron chi connectivity index (χ1n) is 9.08. The van der Waals surface area contributed by atoms with Crippen LogP contribution in [0.2, 0.25) is 0 Å². The maximum Gasteiger partial charge on any atom is 0.343 e. The van der Waals surface area contributed by atoms with Crippen LogP contribution in [0.15, 0.2) is 47.4 Å². The summed E-state index contributed by atoms with van der Waals surface area (Å²) in [6.07, 6.45) is 0.850. The number of esters is 2. The lowest BCUT2D eigenvalue weighted by atomic mass is 9.85. The predicted octanol–water partition coefficient (Wildman–Crippen LogP) is 2.72. The molecule has 2 aromatic carbocycles. The number of benzene rings is 2. The van der Waals surface area contributed by atoms with Crippen LogP contribution in [0.5, 0.6) is 11.5 Å². The summed E-state index contributed by atoms with van der Waals surface area (Å²) in [5.74, 6) is -2.21. The van der Waals surface area contributed by atoms with E-state index in [9.17, 15) is 19.5 Å². The number of hydrogen-bond donors (Lipinski definition) is 2. The Balaban J connectivity index is 2.32. The topological polar surface area (TPSA) is 115 Å². The average Bonchev–Trinajstić information content (AvgIpc) is 2.77. The van der Waals surface area contributed by atoms with Gasteiger partial charge in [0, 0.05) is 17.5 Å². The third kappa shape index (κ3) is 3.71. The van der Waals surface area contributed by atoms with Crippen LogP contribution in [-0.2, 0) is 14.3 Å². The first kappa shape index (κ1) is 20.9. The Morgan fingerprint density at radius 3 is 2.37 bits per heavy atom. The summed E-state index contributed by atoms with van der Waals surface area (Å²) in [5, 5.41) is 12.3. The zero-order chi connectivity index (χ0) is 21.8. The number of ether oxygens (including phenoxy) is 3. The molecule has 0 aliphatic carbocycles. The molecule has 30 heavy (non-hydrogen) atoms. The van der Waals surface area contributed by atoms with Gasteiger partial charge in [0.1, 0.15) is 17.1 Å². The van der Waals surface area contributed by atoms with E-state index in [1.54, 1.807) is 19.2 Å². The van der Waals surface area contributed by atoms with Gasteiger partial charge in [-0.05, 0) is 17.0 Å². The summed E-state index contributed by atoms with van der Waals surface area (Å²) >= 11 is 0. The fourth-order valence-electron chi connectivity index (χ4n) is 3.52. The third-order valence-corrected chi connectivity index (χ3v) is 4.97. The summed E-state index contributed by atoms with van der Waals surface area (Å²) in [5.41, 5.74) is -0.369. The molecule has 0 bridgehead atoms. The van der Waals surface area contributed by atoms with Crippen LogP contribution in [0.3, 0.4) is 0 Å². The monoisotopic (exact) mass is 411 g/mol. The quantitative estimate of drug-likeness (QED) is 0.599. The Morgan fingerprint density at radius 1 is 1.03 bits per heavy atom. The van der Waals surface area contributed by atoms with Gasteiger partial charge in [-0.3, -0.25) is 9.59 Å². The van der Waals surface area contributed by atoms with Crippen LogP contribution in [0.25, 0.3) is 10.8 Å². The van der Waals surface area contributed by atoms with Gasteiger partial charge in [0.05, 0.1) is 33.3 Å². The molecule has 1 atom stereocenters. The normalized spacial score (nSPS) is 11.7. The summed E-state index contributed by atoms with van der Waals surface area (Å²) in [6, 6.07) is 10.8. The predicted molar refractivity (Wildman–Crippen MR) is 109 cm³/mol. The number of fused-ring (bicyclic) bond motifs is 1. The van der Waals surface area contributed by atoms with Crippen molar-refractivity contribution in [2.24, 2.45) is 0 Å². The van der Waals surface area contributed by atoms with Gasteiger partial charge in [0.15, 0.2) is 0 Å². The lowest BCUT2D eigenvalue weighted by Crippen LogP contribution is -2.22. The Hall–Kier alpha value is -3.81. The van der Waals surface area contributed by atoms with Crippen LogP contribution in [0.4, 0.5) is 0 Å². The number of rotatable bonds is 6. The summed E-state index contributed by atoms with van der Waals surface area (Å²) in [4.78, 5) is 39.4. The molecule has 0 saturated heterocycles. The molecule has 3 rings (SSSR count). The van der Waals surface area contributed by atoms with Gasteiger partial charge in [-0.15, -0.1) is 0 Å². The minimum atomic E-state index is -0.887. The smallest absolute Gasteiger partial charge is 0.343 e. The van der Waals surface area contributed by atoms with E-state index < -0.39 is 29.2 Å². The lowest BCUT2D eigenvalue weighted by molar-refractivity contribution is -0.140. The van der Waals surface area contributed by atoms with E-state index in [2.05, 4.69) is 9.72 Å². The van der Waals surface area contributed by atoms with Crippen molar-refractivity contribution in [2.75, 3.05) is 21.3 Å². The van der Waals surface area contributed by atoms with Crippen molar-refractivity contribution in [3.05, 3.63) is 69.6 Å². The molecule has 0 fully saturated rings. The van der Waals surface area contributed by atoms with Crippen molar-refractivity contribution < 1.29 is 28.9 Å². The van der Waals surface area contributed by atoms with Crippen LogP contribution in [0.1, 0.15) is 33.8 Å². The largest absolute Gasteiger partial charge is 0.506 e. The fourth-order valence-corrected chi connectivity index (χ4v) is 3.52. The standard InChI is InChI=1S/C22H21NO7/c1-28-17-9-8-13(12-6-4-5-7-14(12)17)15(10-18(24)29-2)19-20(25)16(22(27)30-3)11-23-21(19)26/h4-9,11,15H,10H2,1-3H3,(H2,23,25,26). The number of pyridine rings is 1. The molecular formula is C22H21NO7. The number of carbonyl (C=O) groups is 2. The van der Waals surface area contributed by atoms with E-state index in [4.69, 9.17) is 9.47 Å². The number of hydrogen-bond acceptors (Lipinski definition) is 7. The molecule has 1 unspecified atom stereocenters. The van der Waals surface area contributed by atoms with E-state index >= 15 is 0 Å². The Bertz CT molecular complexity index is 1170. The highest BCUT2D eigenvalue weighted by Crippen LogP contribution is 2.39. The van der Waals surface area contributed by atoms with Crippen LogP contribution in [-0.4, -0.2) is 43.4 Å². The van der Waals surface area contributed by atoms with E-state index in [0.29, 0.717) is 11.3 Å². The van der Waals surface area contributed by atoms with Gasteiger partial charge >= 0.3 is 11.9 Å². The van der Waals surface area contributed by atoms with Gasteiger partial charge in [-0.1, -0.05) is 30.3 Å².